The van der Waals surface area contributed by atoms with Gasteiger partial charge >= 0.3 is 5.30 Å². The van der Waals surface area contributed by atoms with Crippen molar-refractivity contribution >= 4 is 28.7 Å². The van der Waals surface area contributed by atoms with Crippen molar-refractivity contribution in [1.82, 2.24) is 14.8 Å². The van der Waals surface area contributed by atoms with Crippen LogP contribution in [0.3, 0.4) is 0 Å². The molecule has 28 heavy (non-hydrogen) atoms. The number of thioether (sulfide) groups is 1. The third kappa shape index (κ3) is 3.36. The van der Waals surface area contributed by atoms with E-state index in [-0.39, 0.29) is 17.3 Å². The molecule has 1 N–H and O–H groups in total. The summed E-state index contributed by atoms with van der Waals surface area (Å²) in [4.78, 5) is 14.9. The third-order valence-electron chi connectivity index (χ3n) is 4.41. The maximum Gasteiger partial charge on any atom is 0.372 e. The number of hydrogen-bond donors (Lipinski definition) is 1. The molecule has 1 saturated heterocycles. The predicted octanol–water partition coefficient (Wildman–Crippen LogP) is 4.65. The molecular weight excluding hydrogens is 412 g/mol. The summed E-state index contributed by atoms with van der Waals surface area (Å²) < 4.78 is 35.3. The van der Waals surface area contributed by atoms with Gasteiger partial charge in [-0.05, 0) is 12.1 Å². The minimum Gasteiger partial charge on any atom is -0.473 e. The maximum absolute atomic E-state index is 14.6. The van der Waals surface area contributed by atoms with Crippen molar-refractivity contribution in [2.45, 2.75) is 23.4 Å². The monoisotopic (exact) mass is 423 g/mol. The quantitative estimate of drug-likeness (QED) is 0.475. The van der Waals surface area contributed by atoms with E-state index in [1.165, 1.54) is 17.1 Å². The first-order chi connectivity index (χ1) is 13.4. The van der Waals surface area contributed by atoms with Crippen LogP contribution in [0.4, 0.5) is 13.6 Å². The van der Waals surface area contributed by atoms with Crippen molar-refractivity contribution in [1.29, 1.82) is 0 Å². The molecule has 1 aromatic heterocycles. The Bertz CT molecular complexity index is 1060. The van der Waals surface area contributed by atoms with Crippen LogP contribution in [0.1, 0.15) is 17.2 Å². The molecule has 2 aromatic carbocycles. The average molecular weight is 424 g/mol. The van der Waals surface area contributed by atoms with Crippen LogP contribution >= 0.6 is 23.4 Å². The van der Waals surface area contributed by atoms with Crippen molar-refractivity contribution < 1.29 is 23.4 Å². The molecular formula is C18H12ClF2N3O3S. The molecule has 1 fully saturated rings. The van der Waals surface area contributed by atoms with E-state index in [0.29, 0.717) is 22.3 Å². The highest BCUT2D eigenvalue weighted by atomic mass is 35.5. The summed E-state index contributed by atoms with van der Waals surface area (Å²) in [5, 5.41) is 12.4. The summed E-state index contributed by atoms with van der Waals surface area (Å²) in [7, 11) is 0. The van der Waals surface area contributed by atoms with Crippen LogP contribution < -0.4 is 0 Å². The SMILES string of the molecule is O=C(O)Sc1ncnn1CC1(c2ccc(F)cc2F)OC1c1ccccc1Cl. The summed E-state index contributed by atoms with van der Waals surface area (Å²) in [5.41, 5.74) is -0.467. The molecule has 1 aliphatic rings. The largest absolute Gasteiger partial charge is 0.473 e. The molecule has 1 aliphatic heterocycles. The predicted molar refractivity (Wildman–Crippen MR) is 97.2 cm³/mol. The van der Waals surface area contributed by atoms with Crippen molar-refractivity contribution in [3.8, 4) is 0 Å². The number of ether oxygens (including phenoxy) is 1. The Morgan fingerprint density at radius 3 is 2.82 bits per heavy atom. The van der Waals surface area contributed by atoms with Gasteiger partial charge in [0.15, 0.2) is 5.16 Å². The number of carboxylic acid groups (broad SMARTS) is 1. The maximum atomic E-state index is 14.6. The van der Waals surface area contributed by atoms with E-state index in [1.54, 1.807) is 24.3 Å². The van der Waals surface area contributed by atoms with E-state index in [2.05, 4.69) is 10.1 Å². The Labute approximate surface area is 167 Å². The number of carbonyl (C=O) groups is 1. The van der Waals surface area contributed by atoms with E-state index in [9.17, 15) is 13.6 Å². The lowest BCUT2D eigenvalue weighted by molar-refractivity contribution is 0.221. The zero-order chi connectivity index (χ0) is 19.9. The Balaban J connectivity index is 1.77. The Morgan fingerprint density at radius 2 is 2.11 bits per heavy atom. The number of rotatable bonds is 5. The molecule has 0 saturated carbocycles. The second kappa shape index (κ2) is 7.16. The van der Waals surface area contributed by atoms with Crippen molar-refractivity contribution in [2.24, 2.45) is 0 Å². The molecule has 2 atom stereocenters. The number of halogens is 3. The molecule has 0 bridgehead atoms. The Hall–Kier alpha value is -2.49. The summed E-state index contributed by atoms with van der Waals surface area (Å²) in [5.74, 6) is -1.49. The Kier molecular flexibility index (Phi) is 4.82. The fraction of sp³-hybridized carbons (Fsp3) is 0.167. The van der Waals surface area contributed by atoms with Crippen LogP contribution in [-0.2, 0) is 16.9 Å². The first-order valence-corrected chi connectivity index (χ1v) is 9.26. The summed E-state index contributed by atoms with van der Waals surface area (Å²) >= 11 is 6.74. The lowest BCUT2D eigenvalue weighted by Crippen LogP contribution is -2.22. The highest BCUT2D eigenvalue weighted by Crippen LogP contribution is 2.59. The Morgan fingerprint density at radius 1 is 1.32 bits per heavy atom. The van der Waals surface area contributed by atoms with Crippen LogP contribution in [-0.4, -0.2) is 25.2 Å². The summed E-state index contributed by atoms with van der Waals surface area (Å²) in [6.07, 6.45) is 0.584. The molecule has 144 valence electrons. The molecule has 0 spiro atoms. The lowest BCUT2D eigenvalue weighted by atomic mass is 9.91. The van der Waals surface area contributed by atoms with Crippen LogP contribution in [0.25, 0.3) is 0 Å². The summed E-state index contributed by atoms with van der Waals surface area (Å²) in [6, 6.07) is 10.2. The van der Waals surface area contributed by atoms with Gasteiger partial charge in [-0.15, -0.1) is 0 Å². The first-order valence-electron chi connectivity index (χ1n) is 8.07. The standard InChI is InChI=1S/C18H12ClF2N3O3S/c19-13-4-2-1-3-11(13)15-18(27-15,12-6-5-10(20)7-14(12)21)8-24-16(22-9-23-24)28-17(25)26/h1-7,9,15H,8H2,(H,25,26). The van der Waals surface area contributed by atoms with E-state index in [0.717, 1.165) is 12.1 Å². The molecule has 4 rings (SSSR count). The van der Waals surface area contributed by atoms with E-state index in [1.807, 2.05) is 0 Å². The van der Waals surface area contributed by atoms with Gasteiger partial charge in [0.05, 0.1) is 6.54 Å². The molecule has 6 nitrogen and oxygen atoms in total. The van der Waals surface area contributed by atoms with Gasteiger partial charge in [-0.3, -0.25) is 0 Å². The van der Waals surface area contributed by atoms with Crippen molar-refractivity contribution in [3.05, 3.63) is 76.6 Å². The second-order valence-corrected chi connectivity index (χ2v) is 7.43. The molecule has 0 radical (unpaired) electrons. The normalized spacial score (nSPS) is 20.9. The minimum absolute atomic E-state index is 0.0267. The second-order valence-electron chi connectivity index (χ2n) is 6.10. The lowest BCUT2D eigenvalue weighted by Gasteiger charge is -2.16. The molecule has 2 unspecified atom stereocenters. The van der Waals surface area contributed by atoms with Gasteiger partial charge in [0.2, 0.25) is 0 Å². The van der Waals surface area contributed by atoms with Gasteiger partial charge in [0, 0.05) is 34.0 Å². The number of hydrogen-bond acceptors (Lipinski definition) is 5. The van der Waals surface area contributed by atoms with Crippen LogP contribution in [0.15, 0.2) is 53.9 Å². The molecule has 10 heteroatoms. The zero-order valence-electron chi connectivity index (χ0n) is 14.1. The zero-order valence-corrected chi connectivity index (χ0v) is 15.6. The van der Waals surface area contributed by atoms with Gasteiger partial charge in [-0.25, -0.2) is 23.2 Å². The van der Waals surface area contributed by atoms with Crippen molar-refractivity contribution in [3.63, 3.8) is 0 Å². The molecule has 0 aliphatic carbocycles. The molecule has 0 amide bonds. The van der Waals surface area contributed by atoms with E-state index < -0.39 is 28.6 Å². The number of epoxide rings is 1. The smallest absolute Gasteiger partial charge is 0.372 e. The number of benzene rings is 2. The van der Waals surface area contributed by atoms with Gasteiger partial charge < -0.3 is 9.84 Å². The average Bonchev–Trinajstić information content (AvgIpc) is 3.18. The van der Waals surface area contributed by atoms with Crippen LogP contribution in [0.5, 0.6) is 0 Å². The molecule has 2 heterocycles. The highest BCUT2D eigenvalue weighted by Gasteiger charge is 2.61. The van der Waals surface area contributed by atoms with E-state index >= 15 is 0 Å². The van der Waals surface area contributed by atoms with Gasteiger partial charge in [0.1, 0.15) is 29.7 Å². The first kappa shape index (κ1) is 18.9. The third-order valence-corrected chi connectivity index (χ3v) is 5.43. The fourth-order valence-electron chi connectivity index (χ4n) is 3.16. The van der Waals surface area contributed by atoms with Crippen molar-refractivity contribution in [2.75, 3.05) is 0 Å². The van der Waals surface area contributed by atoms with Gasteiger partial charge in [-0.1, -0.05) is 35.9 Å². The fourth-order valence-corrected chi connectivity index (χ4v) is 3.87. The number of nitrogens with zero attached hydrogens (tertiary/aromatic N) is 3. The van der Waals surface area contributed by atoms with E-state index in [4.69, 9.17) is 21.4 Å². The van der Waals surface area contributed by atoms with Crippen LogP contribution in [0, 0.1) is 11.6 Å². The highest BCUT2D eigenvalue weighted by molar-refractivity contribution is 8.13. The van der Waals surface area contributed by atoms with Gasteiger partial charge in [-0.2, -0.15) is 5.10 Å². The topological polar surface area (TPSA) is 80.5 Å². The summed E-state index contributed by atoms with van der Waals surface area (Å²) in [6.45, 7) is -0.0267. The number of aromatic nitrogens is 3. The molecule has 3 aromatic rings. The minimum atomic E-state index is -1.23. The van der Waals surface area contributed by atoms with Gasteiger partial charge in [0.25, 0.3) is 0 Å². The van der Waals surface area contributed by atoms with Crippen LogP contribution in [0.2, 0.25) is 5.02 Å².